The van der Waals surface area contributed by atoms with Gasteiger partial charge in [0, 0.05) is 25.6 Å². The van der Waals surface area contributed by atoms with Gasteiger partial charge in [-0.15, -0.1) is 0 Å². The van der Waals surface area contributed by atoms with Gasteiger partial charge in [-0.05, 0) is 18.7 Å². The Morgan fingerprint density at radius 1 is 1.33 bits per heavy atom. The van der Waals surface area contributed by atoms with Crippen LogP contribution in [0, 0.1) is 11.6 Å². The minimum Gasteiger partial charge on any atom is -0.487 e. The average Bonchev–Trinajstić information content (AvgIpc) is 2.32. The molecule has 0 bridgehead atoms. The maximum Gasteiger partial charge on any atom is 0.162 e. The number of ether oxygens (including phenoxy) is 2. The Morgan fingerprint density at radius 3 is 2.72 bits per heavy atom. The molecule has 1 saturated carbocycles. The van der Waals surface area contributed by atoms with E-state index in [0.29, 0.717) is 5.75 Å². The van der Waals surface area contributed by atoms with Gasteiger partial charge in [0.2, 0.25) is 0 Å². The summed E-state index contributed by atoms with van der Waals surface area (Å²) in [4.78, 5) is 0. The first-order chi connectivity index (χ1) is 8.65. The standard InChI is InChI=1S/C13H17F2NO2/c1-3-16-11-7-12(13(11)17-2)18-8-4-5-9(14)10(15)6-8/h4-6,11-13,16H,3,7H2,1-2H3. The van der Waals surface area contributed by atoms with Crippen molar-refractivity contribution in [2.45, 2.75) is 31.6 Å². The third kappa shape index (κ3) is 2.62. The second kappa shape index (κ2) is 5.63. The summed E-state index contributed by atoms with van der Waals surface area (Å²) < 4.78 is 36.7. The molecule has 3 atom stereocenters. The lowest BCUT2D eigenvalue weighted by Crippen LogP contribution is -2.60. The highest BCUT2D eigenvalue weighted by molar-refractivity contribution is 5.24. The van der Waals surface area contributed by atoms with Crippen molar-refractivity contribution in [1.29, 1.82) is 0 Å². The zero-order chi connectivity index (χ0) is 13.1. The van der Waals surface area contributed by atoms with Gasteiger partial charge >= 0.3 is 0 Å². The van der Waals surface area contributed by atoms with Crippen LogP contribution in [0.4, 0.5) is 8.78 Å². The predicted molar refractivity (Wildman–Crippen MR) is 63.7 cm³/mol. The van der Waals surface area contributed by atoms with E-state index in [1.807, 2.05) is 6.92 Å². The minimum absolute atomic E-state index is 0.0573. The van der Waals surface area contributed by atoms with Crippen LogP contribution in [0.1, 0.15) is 13.3 Å². The monoisotopic (exact) mass is 257 g/mol. The zero-order valence-electron chi connectivity index (χ0n) is 10.5. The molecular weight excluding hydrogens is 240 g/mol. The lowest BCUT2D eigenvalue weighted by Gasteiger charge is -2.43. The van der Waals surface area contributed by atoms with Gasteiger partial charge in [-0.2, -0.15) is 0 Å². The van der Waals surface area contributed by atoms with Gasteiger partial charge < -0.3 is 14.8 Å². The highest BCUT2D eigenvalue weighted by Gasteiger charge is 2.42. The first-order valence-corrected chi connectivity index (χ1v) is 6.03. The third-order valence-corrected chi connectivity index (χ3v) is 3.17. The zero-order valence-corrected chi connectivity index (χ0v) is 10.5. The summed E-state index contributed by atoms with van der Waals surface area (Å²) in [6, 6.07) is 3.80. The third-order valence-electron chi connectivity index (χ3n) is 3.17. The molecule has 0 aliphatic heterocycles. The Bertz CT molecular complexity index is 414. The molecule has 3 nitrogen and oxygen atoms in total. The molecule has 1 aromatic carbocycles. The van der Waals surface area contributed by atoms with Crippen LogP contribution in [-0.4, -0.2) is 31.9 Å². The molecule has 1 N–H and O–H groups in total. The summed E-state index contributed by atoms with van der Waals surface area (Å²) in [5, 5.41) is 3.28. The highest BCUT2D eigenvalue weighted by Crippen LogP contribution is 2.29. The molecule has 3 unspecified atom stereocenters. The largest absolute Gasteiger partial charge is 0.487 e. The molecule has 18 heavy (non-hydrogen) atoms. The van der Waals surface area contributed by atoms with Gasteiger partial charge in [0.1, 0.15) is 18.0 Å². The van der Waals surface area contributed by atoms with Crippen molar-refractivity contribution in [3.05, 3.63) is 29.8 Å². The van der Waals surface area contributed by atoms with E-state index in [9.17, 15) is 8.78 Å². The molecule has 0 spiro atoms. The van der Waals surface area contributed by atoms with Crippen LogP contribution in [0.3, 0.4) is 0 Å². The topological polar surface area (TPSA) is 30.5 Å². The van der Waals surface area contributed by atoms with Crippen LogP contribution in [0.15, 0.2) is 18.2 Å². The summed E-state index contributed by atoms with van der Waals surface area (Å²) in [6.07, 6.45) is 0.618. The van der Waals surface area contributed by atoms with Gasteiger partial charge in [-0.1, -0.05) is 6.92 Å². The number of methoxy groups -OCH3 is 1. The molecule has 1 fully saturated rings. The van der Waals surface area contributed by atoms with Crippen molar-refractivity contribution in [3.63, 3.8) is 0 Å². The van der Waals surface area contributed by atoms with Crippen LogP contribution in [0.2, 0.25) is 0 Å². The van der Waals surface area contributed by atoms with Gasteiger partial charge in [0.05, 0.1) is 0 Å². The molecule has 0 aromatic heterocycles. The van der Waals surface area contributed by atoms with Crippen molar-refractivity contribution in [2.75, 3.05) is 13.7 Å². The maximum absolute atomic E-state index is 13.0. The molecule has 1 aliphatic rings. The van der Waals surface area contributed by atoms with Crippen molar-refractivity contribution in [3.8, 4) is 5.75 Å². The van der Waals surface area contributed by atoms with E-state index >= 15 is 0 Å². The Balaban J connectivity index is 1.96. The Kier molecular flexibility index (Phi) is 4.14. The Labute approximate surface area is 105 Å². The molecule has 0 heterocycles. The molecule has 100 valence electrons. The van der Waals surface area contributed by atoms with Crippen molar-refractivity contribution in [1.82, 2.24) is 5.32 Å². The van der Waals surface area contributed by atoms with E-state index in [1.165, 1.54) is 6.07 Å². The molecule has 1 aliphatic carbocycles. The van der Waals surface area contributed by atoms with E-state index in [1.54, 1.807) is 7.11 Å². The SMILES string of the molecule is CCNC1CC(Oc2ccc(F)c(F)c2)C1OC. The van der Waals surface area contributed by atoms with E-state index in [-0.39, 0.29) is 18.2 Å². The number of likely N-dealkylation sites (N-methyl/N-ethyl adjacent to an activating group) is 1. The van der Waals surface area contributed by atoms with Crippen LogP contribution in [0.5, 0.6) is 5.75 Å². The minimum atomic E-state index is -0.899. The Hall–Kier alpha value is -1.20. The van der Waals surface area contributed by atoms with Crippen LogP contribution < -0.4 is 10.1 Å². The Morgan fingerprint density at radius 2 is 2.11 bits per heavy atom. The number of rotatable bonds is 5. The highest BCUT2D eigenvalue weighted by atomic mass is 19.2. The number of hydrogen-bond acceptors (Lipinski definition) is 3. The summed E-state index contributed by atoms with van der Waals surface area (Å²) >= 11 is 0. The van der Waals surface area contributed by atoms with E-state index in [4.69, 9.17) is 9.47 Å². The van der Waals surface area contributed by atoms with Gasteiger partial charge in [-0.25, -0.2) is 8.78 Å². The van der Waals surface area contributed by atoms with Crippen LogP contribution in [-0.2, 0) is 4.74 Å². The molecular formula is C13H17F2NO2. The quantitative estimate of drug-likeness (QED) is 0.876. The predicted octanol–water partition coefficient (Wildman–Crippen LogP) is 2.11. The molecule has 2 rings (SSSR count). The normalized spacial score (nSPS) is 26.8. The second-order valence-corrected chi connectivity index (χ2v) is 4.33. The summed E-state index contributed by atoms with van der Waals surface area (Å²) in [5.74, 6) is -1.44. The van der Waals surface area contributed by atoms with E-state index < -0.39 is 11.6 Å². The fourth-order valence-electron chi connectivity index (χ4n) is 2.20. The number of hydrogen-bond donors (Lipinski definition) is 1. The fraction of sp³-hybridized carbons (Fsp3) is 0.538. The molecule has 1 aromatic rings. The number of nitrogens with one attached hydrogen (secondary N) is 1. The number of halogens is 2. The molecule has 0 radical (unpaired) electrons. The average molecular weight is 257 g/mol. The summed E-state index contributed by atoms with van der Waals surface area (Å²) in [7, 11) is 1.62. The van der Waals surface area contributed by atoms with Gasteiger partial charge in [-0.3, -0.25) is 0 Å². The van der Waals surface area contributed by atoms with E-state index in [2.05, 4.69) is 5.32 Å². The van der Waals surface area contributed by atoms with Crippen LogP contribution in [0.25, 0.3) is 0 Å². The van der Waals surface area contributed by atoms with Crippen molar-refractivity contribution >= 4 is 0 Å². The molecule has 0 amide bonds. The van der Waals surface area contributed by atoms with Gasteiger partial charge in [0.25, 0.3) is 0 Å². The summed E-state index contributed by atoms with van der Waals surface area (Å²) in [6.45, 7) is 2.89. The fourth-order valence-corrected chi connectivity index (χ4v) is 2.20. The smallest absolute Gasteiger partial charge is 0.162 e. The number of benzene rings is 1. The lowest BCUT2D eigenvalue weighted by molar-refractivity contribution is -0.0884. The van der Waals surface area contributed by atoms with Gasteiger partial charge in [0.15, 0.2) is 11.6 Å². The van der Waals surface area contributed by atoms with Crippen LogP contribution >= 0.6 is 0 Å². The first kappa shape index (κ1) is 13.2. The lowest BCUT2D eigenvalue weighted by atomic mass is 9.85. The maximum atomic E-state index is 13.0. The van der Waals surface area contributed by atoms with Crippen molar-refractivity contribution < 1.29 is 18.3 Å². The van der Waals surface area contributed by atoms with E-state index in [0.717, 1.165) is 25.1 Å². The van der Waals surface area contributed by atoms with Crippen molar-refractivity contribution in [2.24, 2.45) is 0 Å². The first-order valence-electron chi connectivity index (χ1n) is 6.03. The molecule has 0 saturated heterocycles. The summed E-state index contributed by atoms with van der Waals surface area (Å²) in [5.41, 5.74) is 0. The second-order valence-electron chi connectivity index (χ2n) is 4.33. The molecule has 5 heteroatoms.